The summed E-state index contributed by atoms with van der Waals surface area (Å²) in [6, 6.07) is 2.99. The summed E-state index contributed by atoms with van der Waals surface area (Å²) in [7, 11) is 0. The van der Waals surface area contributed by atoms with Crippen LogP contribution in [-0.2, 0) is 0 Å². The minimum atomic E-state index is -1.10. The molecule has 1 spiro atoms. The predicted molar refractivity (Wildman–Crippen MR) is 81.9 cm³/mol. The number of carbonyl (C=O) groups excluding carboxylic acids is 1. The Morgan fingerprint density at radius 3 is 2.41 bits per heavy atom. The number of pyridine rings is 1. The molecule has 2 heterocycles. The number of nitrogens with zero attached hydrogens (tertiary/aromatic N) is 2. The van der Waals surface area contributed by atoms with Gasteiger partial charge in [-0.05, 0) is 43.2 Å². The highest BCUT2D eigenvalue weighted by molar-refractivity contribution is 6.03. The Morgan fingerprint density at radius 1 is 1.09 bits per heavy atom. The van der Waals surface area contributed by atoms with Gasteiger partial charge in [-0.3, -0.25) is 9.78 Å². The molecule has 5 nitrogen and oxygen atoms in total. The summed E-state index contributed by atoms with van der Waals surface area (Å²) in [6.45, 7) is 1.43. The summed E-state index contributed by atoms with van der Waals surface area (Å²) in [4.78, 5) is 29.6. The van der Waals surface area contributed by atoms with Gasteiger partial charge in [-0.15, -0.1) is 0 Å². The van der Waals surface area contributed by atoms with E-state index in [4.69, 9.17) is 0 Å². The van der Waals surface area contributed by atoms with Crippen LogP contribution in [0.1, 0.15) is 65.8 Å². The van der Waals surface area contributed by atoms with Crippen LogP contribution >= 0.6 is 0 Å². The van der Waals surface area contributed by atoms with Gasteiger partial charge >= 0.3 is 5.97 Å². The molecule has 1 saturated carbocycles. The minimum Gasteiger partial charge on any atom is -0.478 e. The molecule has 1 aliphatic heterocycles. The normalized spacial score (nSPS) is 20.8. The second kappa shape index (κ2) is 6.07. The molecule has 3 rings (SSSR count). The number of hydrogen-bond donors (Lipinski definition) is 1. The van der Waals surface area contributed by atoms with Gasteiger partial charge in [-0.1, -0.05) is 19.3 Å². The fourth-order valence-electron chi connectivity index (χ4n) is 3.88. The molecular weight excluding hydrogens is 280 g/mol. The van der Waals surface area contributed by atoms with Gasteiger partial charge in [0.1, 0.15) is 5.69 Å². The summed E-state index contributed by atoms with van der Waals surface area (Å²) < 4.78 is 0. The maximum Gasteiger partial charge on any atom is 0.338 e. The summed E-state index contributed by atoms with van der Waals surface area (Å²) in [5.41, 5.74) is 0.481. The van der Waals surface area contributed by atoms with Crippen molar-refractivity contribution < 1.29 is 14.7 Å². The molecule has 2 aliphatic rings. The lowest BCUT2D eigenvalue weighted by Crippen LogP contribution is -2.44. The van der Waals surface area contributed by atoms with Gasteiger partial charge in [-0.2, -0.15) is 0 Å². The van der Waals surface area contributed by atoms with Gasteiger partial charge in [0, 0.05) is 19.3 Å². The van der Waals surface area contributed by atoms with Crippen molar-refractivity contribution in [2.75, 3.05) is 13.1 Å². The highest BCUT2D eigenvalue weighted by Gasteiger charge is 2.37. The van der Waals surface area contributed by atoms with Crippen molar-refractivity contribution >= 4 is 11.9 Å². The van der Waals surface area contributed by atoms with Crippen molar-refractivity contribution in [2.45, 2.75) is 44.9 Å². The average molecular weight is 302 g/mol. The number of likely N-dealkylation sites (tertiary alicyclic amines) is 1. The molecule has 118 valence electrons. The third kappa shape index (κ3) is 2.85. The first kappa shape index (κ1) is 15.0. The van der Waals surface area contributed by atoms with Gasteiger partial charge < -0.3 is 10.0 Å². The van der Waals surface area contributed by atoms with Crippen molar-refractivity contribution in [3.8, 4) is 0 Å². The Bertz CT molecular complexity index is 569. The van der Waals surface area contributed by atoms with Crippen LogP contribution in [0, 0.1) is 5.41 Å². The number of aromatic nitrogens is 1. The summed E-state index contributed by atoms with van der Waals surface area (Å²) in [5.74, 6) is -1.35. The van der Waals surface area contributed by atoms with Crippen molar-refractivity contribution in [1.82, 2.24) is 9.88 Å². The van der Waals surface area contributed by atoms with E-state index < -0.39 is 5.97 Å². The first-order valence-electron chi connectivity index (χ1n) is 8.09. The molecule has 1 saturated heterocycles. The van der Waals surface area contributed by atoms with E-state index in [0.717, 1.165) is 12.8 Å². The third-order valence-corrected chi connectivity index (χ3v) is 5.27. The molecule has 22 heavy (non-hydrogen) atoms. The second-order valence-corrected chi connectivity index (χ2v) is 6.56. The predicted octanol–water partition coefficient (Wildman–Crippen LogP) is 2.97. The highest BCUT2D eigenvalue weighted by atomic mass is 16.4. The Balaban J connectivity index is 1.71. The van der Waals surface area contributed by atoms with Crippen molar-refractivity contribution in [2.24, 2.45) is 5.41 Å². The Hall–Kier alpha value is -1.91. The van der Waals surface area contributed by atoms with Gasteiger partial charge in [0.15, 0.2) is 0 Å². The van der Waals surface area contributed by atoms with Crippen LogP contribution in [0.5, 0.6) is 0 Å². The van der Waals surface area contributed by atoms with Crippen LogP contribution in [0.3, 0.4) is 0 Å². The smallest absolute Gasteiger partial charge is 0.338 e. The fourth-order valence-corrected chi connectivity index (χ4v) is 3.88. The number of hydrogen-bond acceptors (Lipinski definition) is 3. The first-order chi connectivity index (χ1) is 10.6. The Kier molecular flexibility index (Phi) is 4.14. The minimum absolute atomic E-state index is 0.00884. The van der Waals surface area contributed by atoms with Crippen LogP contribution in [-0.4, -0.2) is 40.0 Å². The third-order valence-electron chi connectivity index (χ3n) is 5.27. The number of carboxylic acids is 1. The lowest BCUT2D eigenvalue weighted by Gasteiger charge is -2.44. The largest absolute Gasteiger partial charge is 0.478 e. The summed E-state index contributed by atoms with van der Waals surface area (Å²) >= 11 is 0. The number of carbonyl (C=O) groups is 2. The summed E-state index contributed by atoms with van der Waals surface area (Å²) in [6.07, 6.45) is 10.0. The monoisotopic (exact) mass is 302 g/mol. The molecule has 0 unspecified atom stereocenters. The molecule has 1 N–H and O–H groups in total. The maximum atomic E-state index is 12.6. The zero-order chi connectivity index (χ0) is 15.6. The van der Waals surface area contributed by atoms with Gasteiger partial charge in [-0.25, -0.2) is 4.79 Å². The van der Waals surface area contributed by atoms with E-state index in [2.05, 4.69) is 4.98 Å². The Morgan fingerprint density at radius 2 is 1.77 bits per heavy atom. The molecule has 2 fully saturated rings. The molecule has 1 aliphatic carbocycles. The zero-order valence-electron chi connectivity index (χ0n) is 12.8. The molecule has 1 amide bonds. The maximum absolute atomic E-state index is 12.6. The van der Waals surface area contributed by atoms with E-state index in [-0.39, 0.29) is 17.2 Å². The number of amides is 1. The SMILES string of the molecule is O=C(O)c1cccnc1C(=O)N1CCC2(CCCCC2)CC1. The van der Waals surface area contributed by atoms with Crippen molar-refractivity contribution in [3.63, 3.8) is 0 Å². The van der Waals surface area contributed by atoms with Crippen LogP contribution < -0.4 is 0 Å². The van der Waals surface area contributed by atoms with E-state index in [1.54, 1.807) is 11.0 Å². The van der Waals surface area contributed by atoms with Crippen LogP contribution in [0.4, 0.5) is 0 Å². The van der Waals surface area contributed by atoms with Crippen LogP contribution in [0.2, 0.25) is 0 Å². The molecule has 5 heteroatoms. The van der Waals surface area contributed by atoms with Gasteiger partial charge in [0.25, 0.3) is 5.91 Å². The topological polar surface area (TPSA) is 70.5 Å². The van der Waals surface area contributed by atoms with Crippen LogP contribution in [0.25, 0.3) is 0 Å². The van der Waals surface area contributed by atoms with Crippen molar-refractivity contribution in [3.05, 3.63) is 29.6 Å². The first-order valence-corrected chi connectivity index (χ1v) is 8.09. The lowest BCUT2D eigenvalue weighted by atomic mass is 9.68. The molecule has 0 atom stereocenters. The highest BCUT2D eigenvalue weighted by Crippen LogP contribution is 2.44. The Labute approximate surface area is 130 Å². The quantitative estimate of drug-likeness (QED) is 0.911. The fraction of sp³-hybridized carbons (Fsp3) is 0.588. The molecule has 1 aromatic heterocycles. The molecule has 0 bridgehead atoms. The van der Waals surface area contributed by atoms with Crippen molar-refractivity contribution in [1.29, 1.82) is 0 Å². The average Bonchev–Trinajstić information content (AvgIpc) is 2.56. The molecule has 1 aromatic rings. The van der Waals surface area contributed by atoms with Crippen LogP contribution in [0.15, 0.2) is 18.3 Å². The van der Waals surface area contributed by atoms with E-state index >= 15 is 0 Å². The summed E-state index contributed by atoms with van der Waals surface area (Å²) in [5, 5.41) is 9.20. The van der Waals surface area contributed by atoms with E-state index in [1.165, 1.54) is 44.4 Å². The standard InChI is InChI=1S/C17H22N2O3/c20-15(14-13(16(21)22)5-4-10-18-14)19-11-8-17(9-12-19)6-2-1-3-7-17/h4-5,10H,1-3,6-9,11-12H2,(H,21,22). The number of aromatic carboxylic acids is 1. The number of carboxylic acid groups (broad SMARTS) is 1. The number of piperidine rings is 1. The molecule has 0 radical (unpaired) electrons. The van der Waals surface area contributed by atoms with E-state index in [9.17, 15) is 14.7 Å². The van der Waals surface area contributed by atoms with E-state index in [0.29, 0.717) is 18.5 Å². The van der Waals surface area contributed by atoms with E-state index in [1.807, 2.05) is 0 Å². The van der Waals surface area contributed by atoms with Gasteiger partial charge in [0.2, 0.25) is 0 Å². The molecule has 0 aromatic carbocycles. The number of rotatable bonds is 2. The zero-order valence-corrected chi connectivity index (χ0v) is 12.8. The van der Waals surface area contributed by atoms with Gasteiger partial charge in [0.05, 0.1) is 5.56 Å². The lowest BCUT2D eigenvalue weighted by molar-refractivity contribution is 0.0460. The second-order valence-electron chi connectivity index (χ2n) is 6.56. The molecular formula is C17H22N2O3.